The molecule has 0 nitrogen and oxygen atoms in total. The molecule has 0 aromatic heterocycles. The van der Waals surface area contributed by atoms with Gasteiger partial charge in [0, 0.05) is 11.3 Å². The van der Waals surface area contributed by atoms with Gasteiger partial charge in [0.25, 0.3) is 0 Å². The molecule has 0 atom stereocenters. The summed E-state index contributed by atoms with van der Waals surface area (Å²) in [4.78, 5) is 0. The van der Waals surface area contributed by atoms with Crippen molar-refractivity contribution in [2.45, 2.75) is 46.5 Å². The molecule has 0 saturated heterocycles. The molecule has 0 amide bonds. The maximum Gasteiger partial charge on any atom is 0.0286 e. The Labute approximate surface area is 70.4 Å². The normalized spacial score (nSPS) is 21.5. The molecule has 0 radical (unpaired) electrons. The fourth-order valence-electron chi connectivity index (χ4n) is 1.60. The van der Waals surface area contributed by atoms with Gasteiger partial charge in [-0.25, -0.2) is 0 Å². The van der Waals surface area contributed by atoms with E-state index in [-0.39, 0.29) is 0 Å². The predicted octanol–water partition coefficient (Wildman–Crippen LogP) is 3.23. The SMILES string of the molecule is CC(C)C#CC1(C)CCCC1. The molecule has 1 aliphatic carbocycles. The Morgan fingerprint density at radius 2 is 1.73 bits per heavy atom. The number of rotatable bonds is 0. The van der Waals surface area contributed by atoms with Gasteiger partial charge in [-0.1, -0.05) is 38.5 Å². The molecular formula is C11H18. The van der Waals surface area contributed by atoms with Crippen molar-refractivity contribution >= 4 is 0 Å². The molecule has 0 aliphatic heterocycles. The molecule has 11 heavy (non-hydrogen) atoms. The summed E-state index contributed by atoms with van der Waals surface area (Å²) in [6.07, 6.45) is 5.38. The second-order valence-electron chi connectivity index (χ2n) is 4.19. The highest BCUT2D eigenvalue weighted by atomic mass is 14.3. The summed E-state index contributed by atoms with van der Waals surface area (Å²) in [6, 6.07) is 0. The minimum Gasteiger partial charge on any atom is -0.0999 e. The van der Waals surface area contributed by atoms with E-state index in [4.69, 9.17) is 0 Å². The maximum atomic E-state index is 3.41. The van der Waals surface area contributed by atoms with Crippen LogP contribution < -0.4 is 0 Å². The minimum absolute atomic E-state index is 0.365. The lowest BCUT2D eigenvalue weighted by Gasteiger charge is -2.14. The van der Waals surface area contributed by atoms with E-state index in [9.17, 15) is 0 Å². The molecule has 0 unspecified atom stereocenters. The first-order valence-electron chi connectivity index (χ1n) is 4.65. The van der Waals surface area contributed by atoms with E-state index in [0.29, 0.717) is 11.3 Å². The lowest BCUT2D eigenvalue weighted by molar-refractivity contribution is 0.467. The molecule has 0 spiro atoms. The first kappa shape index (κ1) is 8.65. The molecule has 0 aromatic carbocycles. The lowest BCUT2D eigenvalue weighted by Crippen LogP contribution is -2.06. The fraction of sp³-hybridized carbons (Fsp3) is 0.818. The van der Waals surface area contributed by atoms with Crippen molar-refractivity contribution in [1.82, 2.24) is 0 Å². The van der Waals surface area contributed by atoms with Crippen LogP contribution in [0.3, 0.4) is 0 Å². The van der Waals surface area contributed by atoms with Gasteiger partial charge in [0.1, 0.15) is 0 Å². The van der Waals surface area contributed by atoms with Gasteiger partial charge < -0.3 is 0 Å². The molecule has 0 heteroatoms. The van der Waals surface area contributed by atoms with Crippen LogP contribution in [0.25, 0.3) is 0 Å². The zero-order valence-corrected chi connectivity index (χ0v) is 7.91. The smallest absolute Gasteiger partial charge is 0.0286 e. The third-order valence-electron chi connectivity index (χ3n) is 2.37. The topological polar surface area (TPSA) is 0 Å². The minimum atomic E-state index is 0.365. The van der Waals surface area contributed by atoms with Crippen LogP contribution in [0.4, 0.5) is 0 Å². The fourth-order valence-corrected chi connectivity index (χ4v) is 1.60. The highest BCUT2D eigenvalue weighted by Gasteiger charge is 2.25. The van der Waals surface area contributed by atoms with Crippen LogP contribution in [-0.4, -0.2) is 0 Å². The summed E-state index contributed by atoms with van der Waals surface area (Å²) < 4.78 is 0. The Hall–Kier alpha value is -0.440. The Kier molecular flexibility index (Phi) is 2.60. The van der Waals surface area contributed by atoms with Gasteiger partial charge in [0.05, 0.1) is 0 Å². The van der Waals surface area contributed by atoms with Crippen LogP contribution in [-0.2, 0) is 0 Å². The van der Waals surface area contributed by atoms with Crippen molar-refractivity contribution in [2.75, 3.05) is 0 Å². The molecule has 62 valence electrons. The Morgan fingerprint density at radius 1 is 1.18 bits per heavy atom. The van der Waals surface area contributed by atoms with Crippen molar-refractivity contribution in [1.29, 1.82) is 0 Å². The molecule has 1 rings (SSSR count). The van der Waals surface area contributed by atoms with Crippen molar-refractivity contribution in [3.8, 4) is 11.8 Å². The van der Waals surface area contributed by atoms with Crippen molar-refractivity contribution in [2.24, 2.45) is 11.3 Å². The summed E-state index contributed by atoms with van der Waals surface area (Å²) in [6.45, 7) is 6.62. The largest absolute Gasteiger partial charge is 0.0999 e. The van der Waals surface area contributed by atoms with E-state index in [0.717, 1.165) is 0 Å². The van der Waals surface area contributed by atoms with E-state index in [1.54, 1.807) is 0 Å². The molecule has 0 bridgehead atoms. The van der Waals surface area contributed by atoms with Gasteiger partial charge in [0.2, 0.25) is 0 Å². The van der Waals surface area contributed by atoms with E-state index in [1.807, 2.05) is 0 Å². The van der Waals surface area contributed by atoms with Gasteiger partial charge >= 0.3 is 0 Å². The van der Waals surface area contributed by atoms with E-state index >= 15 is 0 Å². The molecule has 0 heterocycles. The van der Waals surface area contributed by atoms with E-state index in [1.165, 1.54) is 25.7 Å². The van der Waals surface area contributed by atoms with Crippen molar-refractivity contribution in [3.63, 3.8) is 0 Å². The quantitative estimate of drug-likeness (QED) is 0.465. The van der Waals surface area contributed by atoms with Crippen LogP contribution in [0.5, 0.6) is 0 Å². The third-order valence-corrected chi connectivity index (χ3v) is 2.37. The molecular weight excluding hydrogens is 132 g/mol. The zero-order valence-electron chi connectivity index (χ0n) is 7.91. The first-order chi connectivity index (χ1) is 5.12. The monoisotopic (exact) mass is 150 g/mol. The second-order valence-corrected chi connectivity index (χ2v) is 4.19. The van der Waals surface area contributed by atoms with Crippen molar-refractivity contribution < 1.29 is 0 Å². The summed E-state index contributed by atoms with van der Waals surface area (Å²) in [5, 5.41) is 0. The van der Waals surface area contributed by atoms with Gasteiger partial charge in [0.15, 0.2) is 0 Å². The summed E-state index contributed by atoms with van der Waals surface area (Å²) in [7, 11) is 0. The predicted molar refractivity (Wildman–Crippen MR) is 49.2 cm³/mol. The van der Waals surface area contributed by atoms with E-state index in [2.05, 4.69) is 32.6 Å². The van der Waals surface area contributed by atoms with Crippen molar-refractivity contribution in [3.05, 3.63) is 0 Å². The molecule has 1 aliphatic rings. The average molecular weight is 150 g/mol. The van der Waals surface area contributed by atoms with Crippen LogP contribution in [0, 0.1) is 23.2 Å². The molecule has 0 aromatic rings. The summed E-state index contributed by atoms with van der Waals surface area (Å²) in [5.74, 6) is 7.22. The van der Waals surface area contributed by atoms with Crippen LogP contribution >= 0.6 is 0 Å². The Morgan fingerprint density at radius 3 is 2.18 bits per heavy atom. The summed E-state index contributed by atoms with van der Waals surface area (Å²) in [5.41, 5.74) is 0.365. The van der Waals surface area contributed by atoms with Gasteiger partial charge in [-0.05, 0) is 19.8 Å². The highest BCUT2D eigenvalue weighted by molar-refractivity contribution is 5.13. The first-order valence-corrected chi connectivity index (χ1v) is 4.65. The van der Waals surface area contributed by atoms with Crippen LogP contribution in [0.2, 0.25) is 0 Å². The van der Waals surface area contributed by atoms with Crippen LogP contribution in [0.1, 0.15) is 46.5 Å². The van der Waals surface area contributed by atoms with Gasteiger partial charge in [-0.15, -0.1) is 0 Å². The maximum absolute atomic E-state index is 3.41. The molecule has 1 saturated carbocycles. The van der Waals surface area contributed by atoms with Gasteiger partial charge in [-0.2, -0.15) is 0 Å². The lowest BCUT2D eigenvalue weighted by atomic mass is 9.89. The summed E-state index contributed by atoms with van der Waals surface area (Å²) >= 11 is 0. The Bertz CT molecular complexity index is 172. The van der Waals surface area contributed by atoms with Gasteiger partial charge in [-0.3, -0.25) is 0 Å². The number of hydrogen-bond acceptors (Lipinski definition) is 0. The third kappa shape index (κ3) is 2.58. The number of hydrogen-bond donors (Lipinski definition) is 0. The standard InChI is InChI=1S/C11H18/c1-10(2)6-9-11(3)7-4-5-8-11/h10H,4-5,7-8H2,1-3H3. The second kappa shape index (κ2) is 3.30. The average Bonchev–Trinajstić information content (AvgIpc) is 2.33. The molecule has 1 fully saturated rings. The Balaban J connectivity index is 2.54. The van der Waals surface area contributed by atoms with Crippen LogP contribution in [0.15, 0.2) is 0 Å². The molecule has 0 N–H and O–H groups in total. The van der Waals surface area contributed by atoms with E-state index < -0.39 is 0 Å². The highest BCUT2D eigenvalue weighted by Crippen LogP contribution is 2.36. The zero-order chi connectivity index (χ0) is 8.32.